The molecule has 0 N–H and O–H groups in total. The molecular formula is C21H17ClN6O. The van der Waals surface area contributed by atoms with Gasteiger partial charge in [-0.2, -0.15) is 0 Å². The van der Waals surface area contributed by atoms with Crippen LogP contribution in [0, 0.1) is 0 Å². The lowest BCUT2D eigenvalue weighted by atomic mass is 10.0. The molecule has 0 aliphatic rings. The number of pyridine rings is 1. The lowest BCUT2D eigenvalue weighted by Gasteiger charge is -2.08. The van der Waals surface area contributed by atoms with E-state index in [0.29, 0.717) is 29.8 Å². The highest BCUT2D eigenvalue weighted by Crippen LogP contribution is 2.33. The highest BCUT2D eigenvalue weighted by Gasteiger charge is 2.14. The van der Waals surface area contributed by atoms with E-state index in [1.165, 1.54) is 0 Å². The Morgan fingerprint density at radius 3 is 2.72 bits per heavy atom. The van der Waals surface area contributed by atoms with Crippen molar-refractivity contribution in [3.8, 4) is 17.1 Å². The number of hydrogen-bond acceptors (Lipinski definition) is 5. The Balaban J connectivity index is 1.57. The van der Waals surface area contributed by atoms with E-state index in [1.807, 2.05) is 52.6 Å². The van der Waals surface area contributed by atoms with Crippen LogP contribution >= 0.6 is 11.6 Å². The van der Waals surface area contributed by atoms with E-state index in [2.05, 4.69) is 26.2 Å². The zero-order chi connectivity index (χ0) is 19.8. The van der Waals surface area contributed by atoms with E-state index >= 15 is 0 Å². The van der Waals surface area contributed by atoms with Gasteiger partial charge >= 0.3 is 0 Å². The van der Waals surface area contributed by atoms with Crippen molar-refractivity contribution in [2.75, 3.05) is 6.61 Å². The number of nitrogens with zero attached hydrogens (tertiary/aromatic N) is 6. The van der Waals surface area contributed by atoms with Gasteiger partial charge in [-0.15, -0.1) is 10.2 Å². The van der Waals surface area contributed by atoms with Crippen molar-refractivity contribution >= 4 is 28.2 Å². The lowest BCUT2D eigenvalue weighted by molar-refractivity contribution is 0.127. The van der Waals surface area contributed by atoms with Crippen LogP contribution < -0.4 is 0 Å². The Bertz CT molecular complexity index is 1310. The fourth-order valence-corrected chi connectivity index (χ4v) is 3.69. The van der Waals surface area contributed by atoms with Crippen LogP contribution in [0.1, 0.15) is 12.7 Å². The summed E-state index contributed by atoms with van der Waals surface area (Å²) in [6, 6.07) is 12.0. The summed E-state index contributed by atoms with van der Waals surface area (Å²) in [6.07, 6.45) is 7.36. The Hall–Kier alpha value is -3.29. The molecule has 0 fully saturated rings. The van der Waals surface area contributed by atoms with Gasteiger partial charge in [-0.25, -0.2) is 9.97 Å². The van der Waals surface area contributed by atoms with Crippen LogP contribution in [0.4, 0.5) is 0 Å². The van der Waals surface area contributed by atoms with Gasteiger partial charge < -0.3 is 4.74 Å². The number of hydrogen-bond donors (Lipinski definition) is 0. The second-order valence-corrected chi connectivity index (χ2v) is 6.88. The molecule has 1 aromatic carbocycles. The number of benzene rings is 1. The number of fused-ring (bicyclic) bond motifs is 2. The molecule has 4 heterocycles. The molecule has 144 valence electrons. The van der Waals surface area contributed by atoms with Crippen molar-refractivity contribution in [1.29, 1.82) is 0 Å². The summed E-state index contributed by atoms with van der Waals surface area (Å²) in [5.74, 6) is 1.37. The summed E-state index contributed by atoms with van der Waals surface area (Å²) < 4.78 is 9.27. The molecule has 5 rings (SSSR count). The zero-order valence-corrected chi connectivity index (χ0v) is 16.4. The molecule has 7 nitrogen and oxygen atoms in total. The zero-order valence-electron chi connectivity index (χ0n) is 15.7. The Morgan fingerprint density at radius 1 is 1.03 bits per heavy atom. The Kier molecular flexibility index (Phi) is 4.46. The minimum Gasteiger partial charge on any atom is -0.374 e. The van der Waals surface area contributed by atoms with Gasteiger partial charge in [0.2, 0.25) is 5.95 Å². The standard InChI is InChI=1S/C21H17ClN6O/c1-2-29-13-18-25-26-20-19(22)16(7-11-28(18)20)14-4-5-17-15(12-14)6-10-27(17)21-23-8-3-9-24-21/h3-12H,2,13H2,1H3. The van der Waals surface area contributed by atoms with Crippen LogP contribution in [0.2, 0.25) is 5.02 Å². The fourth-order valence-electron chi connectivity index (χ4n) is 3.39. The maximum atomic E-state index is 6.69. The minimum atomic E-state index is 0.397. The maximum absolute atomic E-state index is 6.69. The summed E-state index contributed by atoms with van der Waals surface area (Å²) in [5, 5.41) is 10.1. The summed E-state index contributed by atoms with van der Waals surface area (Å²) in [6.45, 7) is 2.96. The first-order chi connectivity index (χ1) is 14.3. The first kappa shape index (κ1) is 17.8. The molecule has 0 unspecified atom stereocenters. The van der Waals surface area contributed by atoms with Gasteiger partial charge in [0.05, 0.1) is 10.5 Å². The van der Waals surface area contributed by atoms with Gasteiger partial charge in [0.1, 0.15) is 6.61 Å². The summed E-state index contributed by atoms with van der Waals surface area (Å²) >= 11 is 6.69. The van der Waals surface area contributed by atoms with Crippen molar-refractivity contribution in [2.45, 2.75) is 13.5 Å². The smallest absolute Gasteiger partial charge is 0.234 e. The second-order valence-electron chi connectivity index (χ2n) is 6.50. The molecule has 8 heteroatoms. The molecule has 0 radical (unpaired) electrons. The Labute approximate surface area is 171 Å². The first-order valence-electron chi connectivity index (χ1n) is 9.25. The predicted molar refractivity (Wildman–Crippen MR) is 111 cm³/mol. The van der Waals surface area contributed by atoms with Crippen LogP contribution in [-0.2, 0) is 11.3 Å². The van der Waals surface area contributed by atoms with Gasteiger partial charge in [0.15, 0.2) is 11.5 Å². The average molecular weight is 405 g/mol. The third kappa shape index (κ3) is 3.04. The molecule has 5 aromatic rings. The van der Waals surface area contributed by atoms with Crippen LogP contribution in [0.3, 0.4) is 0 Å². The predicted octanol–water partition coefficient (Wildman–Crippen LogP) is 4.32. The highest BCUT2D eigenvalue weighted by atomic mass is 35.5. The quantitative estimate of drug-likeness (QED) is 0.436. The molecule has 0 aliphatic carbocycles. The normalized spacial score (nSPS) is 11.5. The molecule has 0 spiro atoms. The molecule has 0 saturated carbocycles. The second kappa shape index (κ2) is 7.27. The van der Waals surface area contributed by atoms with Crippen LogP contribution in [-0.4, -0.2) is 35.7 Å². The van der Waals surface area contributed by atoms with Crippen LogP contribution in [0.5, 0.6) is 0 Å². The lowest BCUT2D eigenvalue weighted by Crippen LogP contribution is -1.99. The highest BCUT2D eigenvalue weighted by molar-refractivity contribution is 6.36. The molecule has 0 atom stereocenters. The van der Waals surface area contributed by atoms with E-state index < -0.39 is 0 Å². The molecule has 0 aliphatic heterocycles. The van der Waals surface area contributed by atoms with Crippen molar-refractivity contribution in [1.82, 2.24) is 29.1 Å². The largest absolute Gasteiger partial charge is 0.374 e. The topological polar surface area (TPSA) is 70.1 Å². The van der Waals surface area contributed by atoms with Gasteiger partial charge in [0.25, 0.3) is 0 Å². The number of aromatic nitrogens is 6. The molecule has 4 aromatic heterocycles. The number of rotatable bonds is 5. The van der Waals surface area contributed by atoms with Gasteiger partial charge in [-0.05, 0) is 42.8 Å². The van der Waals surface area contributed by atoms with Crippen LogP contribution in [0.15, 0.2) is 61.2 Å². The third-order valence-corrected chi connectivity index (χ3v) is 5.17. The van der Waals surface area contributed by atoms with Crippen molar-refractivity contribution < 1.29 is 4.74 Å². The summed E-state index contributed by atoms with van der Waals surface area (Å²) in [7, 11) is 0. The summed E-state index contributed by atoms with van der Waals surface area (Å²) in [4.78, 5) is 8.65. The van der Waals surface area contributed by atoms with E-state index in [0.717, 1.165) is 27.9 Å². The monoisotopic (exact) mass is 404 g/mol. The average Bonchev–Trinajstić information content (AvgIpc) is 3.37. The fraction of sp³-hybridized carbons (Fsp3) is 0.143. The maximum Gasteiger partial charge on any atom is 0.234 e. The molecular weight excluding hydrogens is 388 g/mol. The number of ether oxygens (including phenoxy) is 1. The minimum absolute atomic E-state index is 0.397. The van der Waals surface area contributed by atoms with Gasteiger partial charge in [-0.3, -0.25) is 8.97 Å². The van der Waals surface area contributed by atoms with Crippen molar-refractivity contribution in [3.05, 3.63) is 72.0 Å². The van der Waals surface area contributed by atoms with Gasteiger partial charge in [-0.1, -0.05) is 17.7 Å². The van der Waals surface area contributed by atoms with Crippen molar-refractivity contribution in [3.63, 3.8) is 0 Å². The van der Waals surface area contributed by atoms with Crippen molar-refractivity contribution in [2.24, 2.45) is 0 Å². The van der Waals surface area contributed by atoms with Gasteiger partial charge in [0, 0.05) is 42.3 Å². The van der Waals surface area contributed by atoms with E-state index in [9.17, 15) is 0 Å². The summed E-state index contributed by atoms with van der Waals surface area (Å²) in [5.41, 5.74) is 3.55. The first-order valence-corrected chi connectivity index (χ1v) is 9.63. The molecule has 0 saturated heterocycles. The van der Waals surface area contributed by atoms with E-state index in [-0.39, 0.29) is 0 Å². The van der Waals surface area contributed by atoms with E-state index in [1.54, 1.807) is 18.5 Å². The SMILES string of the molecule is CCOCc1nnc2c(Cl)c(-c3ccc4c(ccn4-c4ncccn4)c3)ccn12. The number of halogens is 1. The van der Waals surface area contributed by atoms with Crippen LogP contribution in [0.25, 0.3) is 33.6 Å². The molecule has 0 amide bonds. The third-order valence-electron chi connectivity index (χ3n) is 4.79. The molecule has 29 heavy (non-hydrogen) atoms. The molecule has 0 bridgehead atoms. The Morgan fingerprint density at radius 2 is 1.90 bits per heavy atom. The van der Waals surface area contributed by atoms with E-state index in [4.69, 9.17) is 16.3 Å².